The molecule has 1 fully saturated rings. The number of carboxylic acids is 1. The Bertz CT molecular complexity index is 538. The second kappa shape index (κ2) is 6.45. The van der Waals surface area contributed by atoms with Crippen molar-refractivity contribution in [3.8, 4) is 0 Å². The summed E-state index contributed by atoms with van der Waals surface area (Å²) < 4.78 is 0. The fraction of sp³-hybridized carbons (Fsp3) is 0.429. The van der Waals surface area contributed by atoms with E-state index < -0.39 is 5.97 Å². The molecule has 1 aliphatic rings. The van der Waals surface area contributed by atoms with Crippen molar-refractivity contribution < 1.29 is 14.7 Å². The van der Waals surface area contributed by atoms with Gasteiger partial charge in [0.15, 0.2) is 0 Å². The molecule has 20 heavy (non-hydrogen) atoms. The Morgan fingerprint density at radius 2 is 2.20 bits per heavy atom. The third-order valence-corrected chi connectivity index (χ3v) is 5.70. The van der Waals surface area contributed by atoms with Gasteiger partial charge in [0.25, 0.3) is 5.91 Å². The maximum absolute atomic E-state index is 12.6. The van der Waals surface area contributed by atoms with Crippen molar-refractivity contribution in [1.29, 1.82) is 0 Å². The highest BCUT2D eigenvalue weighted by atomic mass is 32.2. The van der Waals surface area contributed by atoms with Crippen molar-refractivity contribution >= 4 is 41.1 Å². The Morgan fingerprint density at radius 1 is 1.45 bits per heavy atom. The van der Waals surface area contributed by atoms with Gasteiger partial charge in [-0.2, -0.15) is 11.8 Å². The van der Waals surface area contributed by atoms with Crippen LogP contribution in [0.3, 0.4) is 0 Å². The molecule has 2 heterocycles. The van der Waals surface area contributed by atoms with Crippen LogP contribution in [0.4, 0.5) is 0 Å². The van der Waals surface area contributed by atoms with E-state index in [1.807, 2.05) is 22.0 Å². The molecule has 2 rings (SSSR count). The fourth-order valence-corrected chi connectivity index (χ4v) is 4.08. The van der Waals surface area contributed by atoms with Gasteiger partial charge in [-0.1, -0.05) is 6.92 Å². The predicted octanol–water partition coefficient (Wildman–Crippen LogP) is 2.81. The summed E-state index contributed by atoms with van der Waals surface area (Å²) in [4.78, 5) is 25.7. The van der Waals surface area contributed by atoms with Crippen LogP contribution in [0.1, 0.15) is 29.1 Å². The minimum absolute atomic E-state index is 0.00434. The molecule has 1 N–H and O–H groups in total. The van der Waals surface area contributed by atoms with E-state index in [-0.39, 0.29) is 11.9 Å². The van der Waals surface area contributed by atoms with Gasteiger partial charge < -0.3 is 10.0 Å². The van der Waals surface area contributed by atoms with Gasteiger partial charge in [0.05, 0.1) is 4.88 Å². The molecule has 0 spiro atoms. The van der Waals surface area contributed by atoms with Crippen molar-refractivity contribution in [1.82, 2.24) is 4.90 Å². The minimum atomic E-state index is -1.01. The molecule has 108 valence electrons. The van der Waals surface area contributed by atoms with Crippen LogP contribution >= 0.6 is 23.1 Å². The zero-order valence-electron chi connectivity index (χ0n) is 11.4. The summed E-state index contributed by atoms with van der Waals surface area (Å²) in [5.41, 5.74) is 0.681. The zero-order valence-corrected chi connectivity index (χ0v) is 13.0. The smallest absolute Gasteiger partial charge is 0.328 e. The van der Waals surface area contributed by atoms with Crippen LogP contribution in [0.15, 0.2) is 17.5 Å². The first-order valence-corrected chi connectivity index (χ1v) is 8.34. The van der Waals surface area contributed by atoms with E-state index >= 15 is 0 Å². The maximum Gasteiger partial charge on any atom is 0.328 e. The Hall–Kier alpha value is -1.27. The zero-order chi connectivity index (χ0) is 14.7. The molecule has 0 bridgehead atoms. The fourth-order valence-electron chi connectivity index (χ4n) is 2.14. The number of carbonyl (C=O) groups excluding carboxylic acids is 1. The van der Waals surface area contributed by atoms with Crippen LogP contribution in [-0.2, 0) is 4.79 Å². The molecule has 1 aliphatic heterocycles. The van der Waals surface area contributed by atoms with Gasteiger partial charge in [-0.25, -0.2) is 4.79 Å². The first-order valence-electron chi connectivity index (χ1n) is 6.41. The Labute approximate surface area is 126 Å². The van der Waals surface area contributed by atoms with Gasteiger partial charge in [-0.3, -0.25) is 4.79 Å². The molecule has 6 heteroatoms. The summed E-state index contributed by atoms with van der Waals surface area (Å²) in [6.45, 7) is 4.94. The van der Waals surface area contributed by atoms with Crippen molar-refractivity contribution in [2.75, 3.05) is 12.3 Å². The van der Waals surface area contributed by atoms with Gasteiger partial charge in [-0.05, 0) is 30.0 Å². The number of nitrogens with zero attached hydrogens (tertiary/aromatic N) is 1. The van der Waals surface area contributed by atoms with E-state index in [2.05, 4.69) is 13.8 Å². The quantitative estimate of drug-likeness (QED) is 0.872. The Kier molecular flexibility index (Phi) is 4.88. The lowest BCUT2D eigenvalue weighted by Crippen LogP contribution is -2.47. The standard InChI is InChI=1S/C14H17NO3S2/c1-9-10(2)19-8-6-15(9)14(18)13-11(5-7-20-13)3-4-12(16)17/h3-5,7,9-10H,6,8H2,1-2H3,(H,16,17)/b4-3+. The van der Waals surface area contributed by atoms with Gasteiger partial charge in [0.1, 0.15) is 0 Å². The summed E-state index contributed by atoms with van der Waals surface area (Å²) in [5, 5.41) is 10.9. The van der Waals surface area contributed by atoms with E-state index in [0.717, 1.165) is 18.4 Å². The molecule has 0 saturated carbocycles. The molecule has 1 saturated heterocycles. The van der Waals surface area contributed by atoms with Crippen molar-refractivity contribution in [3.05, 3.63) is 28.0 Å². The van der Waals surface area contributed by atoms with Gasteiger partial charge in [0, 0.05) is 29.7 Å². The van der Waals surface area contributed by atoms with Crippen molar-refractivity contribution in [3.63, 3.8) is 0 Å². The average Bonchev–Trinajstić information content (AvgIpc) is 2.87. The summed E-state index contributed by atoms with van der Waals surface area (Å²) >= 11 is 3.24. The van der Waals surface area contributed by atoms with Gasteiger partial charge >= 0.3 is 5.97 Å². The first-order chi connectivity index (χ1) is 9.50. The lowest BCUT2D eigenvalue weighted by Gasteiger charge is -2.37. The molecule has 1 aromatic rings. The monoisotopic (exact) mass is 311 g/mol. The summed E-state index contributed by atoms with van der Waals surface area (Å²) in [5.74, 6) is -0.0567. The van der Waals surface area contributed by atoms with E-state index in [0.29, 0.717) is 15.7 Å². The summed E-state index contributed by atoms with van der Waals surface area (Å²) in [6.07, 6.45) is 2.55. The number of thioether (sulfide) groups is 1. The molecule has 2 unspecified atom stereocenters. The van der Waals surface area contributed by atoms with Crippen LogP contribution in [-0.4, -0.2) is 45.5 Å². The van der Waals surface area contributed by atoms with Crippen LogP contribution in [0.5, 0.6) is 0 Å². The highest BCUT2D eigenvalue weighted by Crippen LogP contribution is 2.28. The molecule has 1 aromatic heterocycles. The third-order valence-electron chi connectivity index (χ3n) is 3.44. The topological polar surface area (TPSA) is 57.6 Å². The van der Waals surface area contributed by atoms with E-state index in [1.165, 1.54) is 17.4 Å². The number of thiophene rings is 1. The molecule has 2 atom stereocenters. The normalized spacial score (nSPS) is 23.2. The van der Waals surface area contributed by atoms with E-state index in [1.54, 1.807) is 6.07 Å². The SMILES string of the molecule is CC1SCCN(C(=O)c2sccc2/C=C/C(=O)O)C1C. The number of hydrogen-bond donors (Lipinski definition) is 1. The number of hydrogen-bond acceptors (Lipinski definition) is 4. The number of carboxylic acid groups (broad SMARTS) is 1. The summed E-state index contributed by atoms with van der Waals surface area (Å²) in [6, 6.07) is 1.98. The largest absolute Gasteiger partial charge is 0.478 e. The molecule has 0 aliphatic carbocycles. The third kappa shape index (κ3) is 3.24. The second-order valence-corrected chi connectivity index (χ2v) is 7.09. The lowest BCUT2D eigenvalue weighted by molar-refractivity contribution is -0.131. The Balaban J connectivity index is 2.21. The molecular weight excluding hydrogens is 294 g/mol. The van der Waals surface area contributed by atoms with Crippen molar-refractivity contribution in [2.45, 2.75) is 25.1 Å². The number of rotatable bonds is 3. The lowest BCUT2D eigenvalue weighted by atomic mass is 10.1. The first kappa shape index (κ1) is 15.1. The minimum Gasteiger partial charge on any atom is -0.478 e. The van der Waals surface area contributed by atoms with Gasteiger partial charge in [-0.15, -0.1) is 11.3 Å². The molecule has 0 aromatic carbocycles. The molecule has 1 amide bonds. The van der Waals surface area contributed by atoms with E-state index in [9.17, 15) is 9.59 Å². The second-order valence-electron chi connectivity index (χ2n) is 4.69. The summed E-state index contributed by atoms with van der Waals surface area (Å²) in [7, 11) is 0. The molecular formula is C14H17NO3S2. The highest BCUT2D eigenvalue weighted by Gasteiger charge is 2.30. The number of aliphatic carboxylic acids is 1. The number of carbonyl (C=O) groups is 2. The van der Waals surface area contributed by atoms with Crippen LogP contribution in [0.25, 0.3) is 6.08 Å². The number of amides is 1. The Morgan fingerprint density at radius 3 is 2.90 bits per heavy atom. The molecule has 0 radical (unpaired) electrons. The van der Waals surface area contributed by atoms with Crippen LogP contribution < -0.4 is 0 Å². The van der Waals surface area contributed by atoms with Crippen molar-refractivity contribution in [2.24, 2.45) is 0 Å². The maximum atomic E-state index is 12.6. The van der Waals surface area contributed by atoms with Crippen LogP contribution in [0, 0.1) is 0 Å². The van der Waals surface area contributed by atoms with E-state index in [4.69, 9.17) is 5.11 Å². The average molecular weight is 311 g/mol. The van der Waals surface area contributed by atoms with Crippen LogP contribution in [0.2, 0.25) is 0 Å². The van der Waals surface area contributed by atoms with Gasteiger partial charge in [0.2, 0.25) is 0 Å². The predicted molar refractivity (Wildman–Crippen MR) is 83.4 cm³/mol. The molecule has 4 nitrogen and oxygen atoms in total. The highest BCUT2D eigenvalue weighted by molar-refractivity contribution is 8.00.